The highest BCUT2D eigenvalue weighted by atomic mass is 32.2. The third-order valence-corrected chi connectivity index (χ3v) is 7.40. The smallest absolute Gasteiger partial charge is 0.264 e. The second-order valence-corrected chi connectivity index (χ2v) is 9.74. The number of benzene rings is 3. The summed E-state index contributed by atoms with van der Waals surface area (Å²) in [4.78, 5) is 13.2. The predicted octanol–water partition coefficient (Wildman–Crippen LogP) is 4.38. The summed E-state index contributed by atoms with van der Waals surface area (Å²) in [6.07, 6.45) is 2.84. The highest BCUT2D eigenvalue weighted by molar-refractivity contribution is 7.92. The Labute approximate surface area is 183 Å². The zero-order valence-electron chi connectivity index (χ0n) is 17.5. The molecule has 1 amide bonds. The van der Waals surface area contributed by atoms with Crippen molar-refractivity contribution in [3.05, 3.63) is 95.6 Å². The topological polar surface area (TPSA) is 66.5 Å². The van der Waals surface area contributed by atoms with Gasteiger partial charge in [0.15, 0.2) is 0 Å². The standard InChI is InChI=1S/C25H26N2O3S/c1-19-9-7-12-21(17-19)27(31(29,30)22-13-3-2-4-14-22)18-25(28)26-24-16-8-11-20-10-5-6-15-23(20)24/h2-7,9-10,12-15,17,24H,8,11,16,18H2,1H3,(H,26,28)/t24-/m1/s1. The van der Waals surface area contributed by atoms with Gasteiger partial charge < -0.3 is 5.32 Å². The molecule has 0 unspecified atom stereocenters. The zero-order chi connectivity index (χ0) is 21.8. The minimum atomic E-state index is -3.89. The van der Waals surface area contributed by atoms with Crippen molar-refractivity contribution < 1.29 is 13.2 Å². The molecule has 1 aliphatic carbocycles. The first-order chi connectivity index (χ1) is 14.9. The van der Waals surface area contributed by atoms with Gasteiger partial charge in [-0.25, -0.2) is 8.42 Å². The Morgan fingerprint density at radius 2 is 1.74 bits per heavy atom. The van der Waals surface area contributed by atoms with Crippen LogP contribution in [0.1, 0.15) is 35.6 Å². The van der Waals surface area contributed by atoms with Gasteiger partial charge in [-0.3, -0.25) is 9.10 Å². The molecule has 1 N–H and O–H groups in total. The third-order valence-electron chi connectivity index (χ3n) is 5.61. The minimum absolute atomic E-state index is 0.101. The van der Waals surface area contributed by atoms with Gasteiger partial charge in [0, 0.05) is 0 Å². The Balaban J connectivity index is 1.62. The van der Waals surface area contributed by atoms with E-state index in [1.807, 2.05) is 31.2 Å². The van der Waals surface area contributed by atoms with Crippen molar-refractivity contribution in [2.24, 2.45) is 0 Å². The van der Waals surface area contributed by atoms with Crippen LogP contribution in [0, 0.1) is 6.92 Å². The number of nitrogens with zero attached hydrogens (tertiary/aromatic N) is 1. The maximum absolute atomic E-state index is 13.4. The highest BCUT2D eigenvalue weighted by Crippen LogP contribution is 2.30. The maximum atomic E-state index is 13.4. The summed E-state index contributed by atoms with van der Waals surface area (Å²) in [7, 11) is -3.89. The van der Waals surface area contributed by atoms with Gasteiger partial charge in [-0.15, -0.1) is 0 Å². The third kappa shape index (κ3) is 4.64. The van der Waals surface area contributed by atoms with Crippen molar-refractivity contribution in [1.82, 2.24) is 5.32 Å². The lowest BCUT2D eigenvalue weighted by Gasteiger charge is -2.29. The molecule has 0 saturated heterocycles. The number of carbonyl (C=O) groups is 1. The Hall–Kier alpha value is -3.12. The van der Waals surface area contributed by atoms with E-state index in [4.69, 9.17) is 0 Å². The quantitative estimate of drug-likeness (QED) is 0.626. The average Bonchev–Trinajstić information content (AvgIpc) is 2.78. The van der Waals surface area contributed by atoms with Crippen molar-refractivity contribution in [2.75, 3.05) is 10.8 Å². The molecule has 6 heteroatoms. The van der Waals surface area contributed by atoms with Crippen molar-refractivity contribution in [3.63, 3.8) is 0 Å². The maximum Gasteiger partial charge on any atom is 0.264 e. The fourth-order valence-electron chi connectivity index (χ4n) is 4.09. The van der Waals surface area contributed by atoms with Crippen molar-refractivity contribution >= 4 is 21.6 Å². The molecule has 0 spiro atoms. The van der Waals surface area contributed by atoms with Gasteiger partial charge in [-0.05, 0) is 67.1 Å². The summed E-state index contributed by atoms with van der Waals surface area (Å²) < 4.78 is 28.0. The van der Waals surface area contributed by atoms with Crippen molar-refractivity contribution in [2.45, 2.75) is 37.1 Å². The van der Waals surface area contributed by atoms with E-state index in [1.165, 1.54) is 9.87 Å². The van der Waals surface area contributed by atoms with Crippen LogP contribution < -0.4 is 9.62 Å². The number of anilines is 1. The Kier molecular flexibility index (Phi) is 6.09. The highest BCUT2D eigenvalue weighted by Gasteiger charge is 2.29. The van der Waals surface area contributed by atoms with E-state index in [0.29, 0.717) is 5.69 Å². The second kappa shape index (κ2) is 8.94. The van der Waals surface area contributed by atoms with Gasteiger partial charge >= 0.3 is 0 Å². The van der Waals surface area contributed by atoms with Gasteiger partial charge in [0.25, 0.3) is 10.0 Å². The summed E-state index contributed by atoms with van der Waals surface area (Å²) >= 11 is 0. The molecule has 0 bridgehead atoms. The van der Waals surface area contributed by atoms with E-state index in [0.717, 1.165) is 30.4 Å². The van der Waals surface area contributed by atoms with E-state index in [-0.39, 0.29) is 23.4 Å². The number of hydrogen-bond acceptors (Lipinski definition) is 3. The number of nitrogens with one attached hydrogen (secondary N) is 1. The number of hydrogen-bond donors (Lipinski definition) is 1. The molecule has 1 aliphatic rings. The fourth-order valence-corrected chi connectivity index (χ4v) is 5.53. The number of sulfonamides is 1. The lowest BCUT2D eigenvalue weighted by atomic mass is 9.88. The monoisotopic (exact) mass is 434 g/mol. The molecule has 0 saturated carbocycles. The van der Waals surface area contributed by atoms with E-state index in [1.54, 1.807) is 48.5 Å². The van der Waals surface area contributed by atoms with E-state index in [2.05, 4.69) is 11.4 Å². The van der Waals surface area contributed by atoms with Crippen LogP contribution in [0.25, 0.3) is 0 Å². The molecular formula is C25H26N2O3S. The van der Waals surface area contributed by atoms with E-state index < -0.39 is 10.0 Å². The number of aryl methyl sites for hydroxylation is 2. The minimum Gasteiger partial charge on any atom is -0.348 e. The Morgan fingerprint density at radius 3 is 2.52 bits per heavy atom. The van der Waals surface area contributed by atoms with Crippen molar-refractivity contribution in [3.8, 4) is 0 Å². The van der Waals surface area contributed by atoms with Crippen molar-refractivity contribution in [1.29, 1.82) is 0 Å². The number of carbonyl (C=O) groups excluding carboxylic acids is 1. The average molecular weight is 435 g/mol. The van der Waals surface area contributed by atoms with Gasteiger partial charge in [-0.2, -0.15) is 0 Å². The van der Waals surface area contributed by atoms with Crippen LogP contribution in [0.15, 0.2) is 83.8 Å². The molecule has 31 heavy (non-hydrogen) atoms. The van der Waals surface area contributed by atoms with Gasteiger partial charge in [0.2, 0.25) is 5.91 Å². The summed E-state index contributed by atoms with van der Waals surface area (Å²) in [5.41, 5.74) is 3.76. The molecule has 0 aromatic heterocycles. The molecule has 0 aliphatic heterocycles. The predicted molar refractivity (Wildman–Crippen MR) is 122 cm³/mol. The van der Waals surface area contributed by atoms with Crippen LogP contribution >= 0.6 is 0 Å². The zero-order valence-corrected chi connectivity index (χ0v) is 18.3. The summed E-state index contributed by atoms with van der Waals surface area (Å²) in [6, 6.07) is 23.4. The Morgan fingerprint density at radius 1 is 1.00 bits per heavy atom. The molecular weight excluding hydrogens is 408 g/mol. The molecule has 0 fully saturated rings. The molecule has 1 atom stereocenters. The van der Waals surface area contributed by atoms with Crippen LogP contribution in [0.4, 0.5) is 5.69 Å². The van der Waals surface area contributed by atoms with Gasteiger partial charge in [0.05, 0.1) is 16.6 Å². The molecule has 5 nitrogen and oxygen atoms in total. The van der Waals surface area contributed by atoms with Crippen LogP contribution in [0.3, 0.4) is 0 Å². The number of fused-ring (bicyclic) bond motifs is 1. The van der Waals surface area contributed by atoms with E-state index in [9.17, 15) is 13.2 Å². The second-order valence-electron chi connectivity index (χ2n) is 7.87. The molecule has 3 aromatic carbocycles. The molecule has 160 valence electrons. The van der Waals surface area contributed by atoms with Crippen LogP contribution in [0.5, 0.6) is 0 Å². The normalized spacial score (nSPS) is 15.7. The first-order valence-electron chi connectivity index (χ1n) is 10.5. The Bertz CT molecular complexity index is 1180. The first-order valence-corrected chi connectivity index (χ1v) is 11.9. The van der Waals surface area contributed by atoms with Crippen LogP contribution in [0.2, 0.25) is 0 Å². The number of rotatable bonds is 6. The SMILES string of the molecule is Cc1cccc(N(CC(=O)N[C@@H]2CCCc3ccccc32)S(=O)(=O)c2ccccc2)c1. The lowest BCUT2D eigenvalue weighted by Crippen LogP contribution is -2.42. The van der Waals surface area contributed by atoms with Gasteiger partial charge in [0.1, 0.15) is 6.54 Å². The first kappa shape index (κ1) is 21.1. The van der Waals surface area contributed by atoms with Crippen LogP contribution in [-0.2, 0) is 21.2 Å². The lowest BCUT2D eigenvalue weighted by molar-refractivity contribution is -0.120. The van der Waals surface area contributed by atoms with E-state index >= 15 is 0 Å². The molecule has 4 rings (SSSR count). The molecule has 3 aromatic rings. The summed E-state index contributed by atoms with van der Waals surface area (Å²) in [6.45, 7) is 1.62. The largest absolute Gasteiger partial charge is 0.348 e. The molecule has 0 radical (unpaired) electrons. The van der Waals surface area contributed by atoms with Gasteiger partial charge in [-0.1, -0.05) is 54.6 Å². The summed E-state index contributed by atoms with van der Waals surface area (Å²) in [5.74, 6) is -0.317. The fraction of sp³-hybridized carbons (Fsp3) is 0.240. The summed E-state index contributed by atoms with van der Waals surface area (Å²) in [5, 5.41) is 3.07. The van der Waals surface area contributed by atoms with Crippen LogP contribution in [-0.4, -0.2) is 20.9 Å². The molecule has 0 heterocycles. The number of amides is 1.